The van der Waals surface area contributed by atoms with E-state index in [0.717, 1.165) is 48.7 Å². The number of aromatic amines is 1. The van der Waals surface area contributed by atoms with Crippen molar-refractivity contribution in [1.82, 2.24) is 9.97 Å². The Morgan fingerprint density at radius 2 is 1.95 bits per heavy atom. The second kappa shape index (κ2) is 5.46. The van der Waals surface area contributed by atoms with Gasteiger partial charge in [-0.3, -0.25) is 0 Å². The topological polar surface area (TPSA) is 41.2 Å². The second-order valence-electron chi connectivity index (χ2n) is 5.76. The zero-order valence-electron chi connectivity index (χ0n) is 12.7. The minimum Gasteiger partial charge on any atom is -0.378 e. The first-order valence-electron chi connectivity index (χ1n) is 7.69. The molecule has 0 amide bonds. The Balaban J connectivity index is 1.71. The van der Waals surface area contributed by atoms with E-state index in [0.29, 0.717) is 0 Å². The van der Waals surface area contributed by atoms with Gasteiger partial charge in [-0.1, -0.05) is 18.2 Å². The molecule has 1 aliphatic rings. The minimum absolute atomic E-state index is 0.800. The summed E-state index contributed by atoms with van der Waals surface area (Å²) < 4.78 is 5.43. The molecule has 2 aromatic carbocycles. The number of benzene rings is 2. The van der Waals surface area contributed by atoms with E-state index in [1.165, 1.54) is 11.3 Å². The van der Waals surface area contributed by atoms with Crippen LogP contribution in [0.25, 0.3) is 22.4 Å². The number of aromatic nitrogens is 2. The number of ether oxygens (including phenoxy) is 1. The van der Waals surface area contributed by atoms with Crippen molar-refractivity contribution in [3.63, 3.8) is 0 Å². The van der Waals surface area contributed by atoms with Crippen LogP contribution >= 0.6 is 0 Å². The molecule has 0 saturated carbocycles. The average molecular weight is 293 g/mol. The van der Waals surface area contributed by atoms with E-state index in [4.69, 9.17) is 9.72 Å². The maximum absolute atomic E-state index is 5.43. The highest BCUT2D eigenvalue weighted by atomic mass is 16.5. The Hall–Kier alpha value is -2.33. The van der Waals surface area contributed by atoms with Gasteiger partial charge in [0.2, 0.25) is 0 Å². The Morgan fingerprint density at radius 3 is 2.82 bits per heavy atom. The van der Waals surface area contributed by atoms with Crippen LogP contribution in [0.3, 0.4) is 0 Å². The normalized spacial score (nSPS) is 15.4. The minimum atomic E-state index is 0.800. The number of morpholine rings is 1. The largest absolute Gasteiger partial charge is 0.378 e. The molecule has 1 N–H and O–H groups in total. The Labute approximate surface area is 129 Å². The van der Waals surface area contributed by atoms with Crippen molar-refractivity contribution in [3.8, 4) is 11.4 Å². The number of H-pyrrole nitrogens is 1. The first-order chi connectivity index (χ1) is 10.8. The molecule has 0 radical (unpaired) electrons. The maximum Gasteiger partial charge on any atom is 0.138 e. The van der Waals surface area contributed by atoms with Gasteiger partial charge in [0.15, 0.2) is 0 Å². The molecule has 22 heavy (non-hydrogen) atoms. The zero-order chi connectivity index (χ0) is 14.9. The summed E-state index contributed by atoms with van der Waals surface area (Å²) in [7, 11) is 0. The molecule has 0 aliphatic carbocycles. The van der Waals surface area contributed by atoms with Gasteiger partial charge in [0, 0.05) is 24.3 Å². The molecule has 4 heteroatoms. The van der Waals surface area contributed by atoms with Gasteiger partial charge in [-0.25, -0.2) is 4.98 Å². The van der Waals surface area contributed by atoms with Crippen LogP contribution in [0.1, 0.15) is 5.56 Å². The van der Waals surface area contributed by atoms with Crippen molar-refractivity contribution in [2.24, 2.45) is 0 Å². The Morgan fingerprint density at radius 1 is 1.09 bits per heavy atom. The lowest BCUT2D eigenvalue weighted by molar-refractivity contribution is 0.122. The number of imidazole rings is 1. The molecule has 0 unspecified atom stereocenters. The van der Waals surface area contributed by atoms with Gasteiger partial charge in [0.05, 0.1) is 24.2 Å². The SMILES string of the molecule is Cc1ccc2nc(-c3cccc(N4CCOCC4)c3)[nH]c2c1. The number of hydrogen-bond donors (Lipinski definition) is 1. The monoisotopic (exact) mass is 293 g/mol. The number of aryl methyl sites for hydroxylation is 1. The van der Waals surface area contributed by atoms with Crippen molar-refractivity contribution in [3.05, 3.63) is 48.0 Å². The number of nitrogens with one attached hydrogen (secondary N) is 1. The van der Waals surface area contributed by atoms with E-state index in [2.05, 4.69) is 59.3 Å². The lowest BCUT2D eigenvalue weighted by Gasteiger charge is -2.29. The van der Waals surface area contributed by atoms with Crippen LogP contribution in [0.4, 0.5) is 5.69 Å². The number of anilines is 1. The Kier molecular flexibility index (Phi) is 3.31. The van der Waals surface area contributed by atoms with Crippen LogP contribution in [0.2, 0.25) is 0 Å². The first-order valence-corrected chi connectivity index (χ1v) is 7.69. The molecule has 4 nitrogen and oxygen atoms in total. The van der Waals surface area contributed by atoms with Gasteiger partial charge in [0.25, 0.3) is 0 Å². The molecule has 1 aliphatic heterocycles. The highest BCUT2D eigenvalue weighted by Gasteiger charge is 2.12. The lowest BCUT2D eigenvalue weighted by atomic mass is 10.1. The van der Waals surface area contributed by atoms with E-state index in [1.807, 2.05) is 0 Å². The number of nitrogens with zero attached hydrogens (tertiary/aromatic N) is 2. The average Bonchev–Trinajstić information content (AvgIpc) is 2.99. The zero-order valence-corrected chi connectivity index (χ0v) is 12.7. The fourth-order valence-corrected chi connectivity index (χ4v) is 2.93. The quantitative estimate of drug-likeness (QED) is 0.787. The van der Waals surface area contributed by atoms with Gasteiger partial charge in [-0.2, -0.15) is 0 Å². The Bertz CT molecular complexity index is 803. The third-order valence-corrected chi connectivity index (χ3v) is 4.13. The standard InChI is InChI=1S/C18H19N3O/c1-13-5-6-16-17(11-13)20-18(19-16)14-3-2-4-15(12-14)21-7-9-22-10-8-21/h2-6,11-12H,7-10H2,1H3,(H,19,20). The smallest absolute Gasteiger partial charge is 0.138 e. The third-order valence-electron chi connectivity index (χ3n) is 4.13. The molecule has 112 valence electrons. The number of fused-ring (bicyclic) bond motifs is 1. The molecule has 1 saturated heterocycles. The van der Waals surface area contributed by atoms with E-state index in [-0.39, 0.29) is 0 Å². The fourth-order valence-electron chi connectivity index (χ4n) is 2.93. The molecule has 1 fully saturated rings. The summed E-state index contributed by atoms with van der Waals surface area (Å²) in [6.07, 6.45) is 0. The molecule has 0 bridgehead atoms. The van der Waals surface area contributed by atoms with E-state index >= 15 is 0 Å². The molecule has 4 rings (SSSR count). The molecular formula is C18H19N3O. The highest BCUT2D eigenvalue weighted by molar-refractivity contribution is 5.80. The van der Waals surface area contributed by atoms with Crippen molar-refractivity contribution in [1.29, 1.82) is 0 Å². The summed E-state index contributed by atoms with van der Waals surface area (Å²) in [5, 5.41) is 0. The first kappa shape index (κ1) is 13.3. The van der Waals surface area contributed by atoms with Crippen molar-refractivity contribution < 1.29 is 4.74 Å². The highest BCUT2D eigenvalue weighted by Crippen LogP contribution is 2.25. The van der Waals surface area contributed by atoms with Crippen LogP contribution in [-0.2, 0) is 4.74 Å². The van der Waals surface area contributed by atoms with Crippen molar-refractivity contribution in [2.75, 3.05) is 31.2 Å². The maximum atomic E-state index is 5.43. The van der Waals surface area contributed by atoms with Crippen LogP contribution < -0.4 is 4.90 Å². The van der Waals surface area contributed by atoms with Crippen LogP contribution in [0, 0.1) is 6.92 Å². The molecule has 1 aromatic heterocycles. The second-order valence-corrected chi connectivity index (χ2v) is 5.76. The van der Waals surface area contributed by atoms with Gasteiger partial charge in [0.1, 0.15) is 5.82 Å². The lowest BCUT2D eigenvalue weighted by Crippen LogP contribution is -2.36. The molecule has 3 aromatic rings. The van der Waals surface area contributed by atoms with Gasteiger partial charge in [-0.15, -0.1) is 0 Å². The molecule has 2 heterocycles. The van der Waals surface area contributed by atoms with E-state index < -0.39 is 0 Å². The fraction of sp³-hybridized carbons (Fsp3) is 0.278. The van der Waals surface area contributed by atoms with Crippen LogP contribution in [-0.4, -0.2) is 36.3 Å². The summed E-state index contributed by atoms with van der Waals surface area (Å²) in [6, 6.07) is 14.9. The van der Waals surface area contributed by atoms with Crippen LogP contribution in [0.5, 0.6) is 0 Å². The van der Waals surface area contributed by atoms with E-state index in [9.17, 15) is 0 Å². The molecular weight excluding hydrogens is 274 g/mol. The van der Waals surface area contributed by atoms with E-state index in [1.54, 1.807) is 0 Å². The predicted octanol–water partition coefficient (Wildman–Crippen LogP) is 3.37. The summed E-state index contributed by atoms with van der Waals surface area (Å²) in [4.78, 5) is 10.5. The van der Waals surface area contributed by atoms with Gasteiger partial charge >= 0.3 is 0 Å². The summed E-state index contributed by atoms with van der Waals surface area (Å²) in [5.41, 5.74) is 5.70. The van der Waals surface area contributed by atoms with Crippen LogP contribution in [0.15, 0.2) is 42.5 Å². The van der Waals surface area contributed by atoms with Gasteiger partial charge in [-0.05, 0) is 36.8 Å². The molecule has 0 spiro atoms. The summed E-state index contributed by atoms with van der Waals surface area (Å²) in [5.74, 6) is 0.927. The predicted molar refractivity (Wildman–Crippen MR) is 89.3 cm³/mol. The molecule has 0 atom stereocenters. The summed E-state index contributed by atoms with van der Waals surface area (Å²) >= 11 is 0. The number of rotatable bonds is 2. The number of hydrogen-bond acceptors (Lipinski definition) is 3. The summed E-state index contributed by atoms with van der Waals surface area (Å²) in [6.45, 7) is 5.59. The van der Waals surface area contributed by atoms with Crippen molar-refractivity contribution >= 4 is 16.7 Å². The van der Waals surface area contributed by atoms with Gasteiger partial charge < -0.3 is 14.6 Å². The third kappa shape index (κ3) is 2.46. The van der Waals surface area contributed by atoms with Crippen molar-refractivity contribution in [2.45, 2.75) is 6.92 Å².